The standard InChI is InChI=1S/C9H19N3O2/c1-7(2)11-9(13)12-5-3-4-8(6-12)14-10/h7-8H,3-6,10H2,1-2H3,(H,11,13). The van der Waals surface area contributed by atoms with Crippen molar-refractivity contribution >= 4 is 6.03 Å². The summed E-state index contributed by atoms with van der Waals surface area (Å²) in [5.74, 6) is 5.11. The second-order valence-electron chi connectivity index (χ2n) is 3.95. The van der Waals surface area contributed by atoms with E-state index < -0.39 is 0 Å². The summed E-state index contributed by atoms with van der Waals surface area (Å²) in [5.41, 5.74) is 0. The monoisotopic (exact) mass is 201 g/mol. The zero-order valence-electron chi connectivity index (χ0n) is 8.82. The number of piperidine rings is 1. The van der Waals surface area contributed by atoms with Gasteiger partial charge in [-0.15, -0.1) is 0 Å². The first-order valence-electron chi connectivity index (χ1n) is 5.04. The third-order valence-corrected chi connectivity index (χ3v) is 2.27. The van der Waals surface area contributed by atoms with Crippen LogP contribution in [0.25, 0.3) is 0 Å². The van der Waals surface area contributed by atoms with E-state index in [0.717, 1.165) is 19.4 Å². The lowest BCUT2D eigenvalue weighted by Crippen LogP contribution is -2.49. The van der Waals surface area contributed by atoms with E-state index in [1.807, 2.05) is 13.8 Å². The quantitative estimate of drug-likeness (QED) is 0.638. The molecule has 0 spiro atoms. The lowest BCUT2D eigenvalue weighted by molar-refractivity contribution is 0.00861. The summed E-state index contributed by atoms with van der Waals surface area (Å²) in [6.45, 7) is 5.27. The van der Waals surface area contributed by atoms with Gasteiger partial charge in [0.05, 0.1) is 12.6 Å². The molecule has 0 aromatic heterocycles. The second kappa shape index (κ2) is 5.17. The summed E-state index contributed by atoms with van der Waals surface area (Å²) in [5, 5.41) is 2.85. The fraction of sp³-hybridized carbons (Fsp3) is 0.889. The molecular weight excluding hydrogens is 182 g/mol. The summed E-state index contributed by atoms with van der Waals surface area (Å²) in [7, 11) is 0. The van der Waals surface area contributed by atoms with Crippen molar-refractivity contribution < 1.29 is 9.63 Å². The van der Waals surface area contributed by atoms with Crippen molar-refractivity contribution in [3.8, 4) is 0 Å². The lowest BCUT2D eigenvalue weighted by atomic mass is 10.1. The molecule has 2 amide bonds. The van der Waals surface area contributed by atoms with E-state index in [-0.39, 0.29) is 18.2 Å². The highest BCUT2D eigenvalue weighted by Crippen LogP contribution is 2.11. The summed E-state index contributed by atoms with van der Waals surface area (Å²) >= 11 is 0. The number of hydrogen-bond acceptors (Lipinski definition) is 3. The largest absolute Gasteiger partial charge is 0.336 e. The topological polar surface area (TPSA) is 67.6 Å². The Labute approximate surface area is 84.5 Å². The van der Waals surface area contributed by atoms with E-state index in [0.29, 0.717) is 6.54 Å². The zero-order chi connectivity index (χ0) is 10.6. The maximum absolute atomic E-state index is 11.6. The van der Waals surface area contributed by atoms with Gasteiger partial charge in [0.1, 0.15) is 0 Å². The Balaban J connectivity index is 2.39. The molecule has 0 aromatic rings. The zero-order valence-corrected chi connectivity index (χ0v) is 8.82. The average molecular weight is 201 g/mol. The van der Waals surface area contributed by atoms with Crippen LogP contribution in [-0.2, 0) is 4.84 Å². The highest BCUT2D eigenvalue weighted by molar-refractivity contribution is 5.74. The van der Waals surface area contributed by atoms with Crippen LogP contribution in [0, 0.1) is 0 Å². The molecule has 82 valence electrons. The van der Waals surface area contributed by atoms with Gasteiger partial charge in [0.2, 0.25) is 0 Å². The van der Waals surface area contributed by atoms with E-state index >= 15 is 0 Å². The maximum Gasteiger partial charge on any atom is 0.317 e. The molecule has 1 aliphatic heterocycles. The number of amides is 2. The predicted octanol–water partition coefficient (Wildman–Crippen LogP) is 0.459. The van der Waals surface area contributed by atoms with Gasteiger partial charge in [0.15, 0.2) is 0 Å². The van der Waals surface area contributed by atoms with E-state index in [1.54, 1.807) is 4.90 Å². The SMILES string of the molecule is CC(C)NC(=O)N1CCCC(ON)C1. The summed E-state index contributed by atoms with van der Waals surface area (Å²) in [6, 6.07) is 0.142. The highest BCUT2D eigenvalue weighted by Gasteiger charge is 2.23. The summed E-state index contributed by atoms with van der Waals surface area (Å²) in [6.07, 6.45) is 1.87. The second-order valence-corrected chi connectivity index (χ2v) is 3.95. The van der Waals surface area contributed by atoms with E-state index in [1.165, 1.54) is 0 Å². The number of nitrogens with one attached hydrogen (secondary N) is 1. The average Bonchev–Trinajstić information content (AvgIpc) is 2.17. The lowest BCUT2D eigenvalue weighted by Gasteiger charge is -2.31. The van der Waals surface area contributed by atoms with Crippen LogP contribution in [0.1, 0.15) is 26.7 Å². The molecule has 3 N–H and O–H groups in total. The van der Waals surface area contributed by atoms with Crippen LogP contribution >= 0.6 is 0 Å². The van der Waals surface area contributed by atoms with Crippen LogP contribution in [0.15, 0.2) is 0 Å². The molecule has 1 heterocycles. The van der Waals surface area contributed by atoms with Crippen molar-refractivity contribution in [3.63, 3.8) is 0 Å². The molecule has 1 aliphatic rings. The fourth-order valence-electron chi connectivity index (χ4n) is 1.57. The van der Waals surface area contributed by atoms with Crippen molar-refractivity contribution in [3.05, 3.63) is 0 Å². The highest BCUT2D eigenvalue weighted by atomic mass is 16.6. The first-order chi connectivity index (χ1) is 6.63. The van der Waals surface area contributed by atoms with Crippen LogP contribution in [0.3, 0.4) is 0 Å². The van der Waals surface area contributed by atoms with Gasteiger partial charge in [-0.1, -0.05) is 0 Å². The molecule has 1 unspecified atom stereocenters. The molecule has 1 fully saturated rings. The predicted molar refractivity (Wildman–Crippen MR) is 53.5 cm³/mol. The van der Waals surface area contributed by atoms with Crippen LogP contribution in [0.2, 0.25) is 0 Å². The van der Waals surface area contributed by atoms with Crippen molar-refractivity contribution in [1.29, 1.82) is 0 Å². The molecule has 0 aromatic carbocycles. The molecule has 0 radical (unpaired) electrons. The molecule has 1 rings (SSSR count). The molecule has 0 bridgehead atoms. The summed E-state index contributed by atoms with van der Waals surface area (Å²) < 4.78 is 0. The number of nitrogens with zero attached hydrogens (tertiary/aromatic N) is 1. The van der Waals surface area contributed by atoms with Gasteiger partial charge >= 0.3 is 6.03 Å². The smallest absolute Gasteiger partial charge is 0.317 e. The summed E-state index contributed by atoms with van der Waals surface area (Å²) in [4.78, 5) is 18.1. The van der Waals surface area contributed by atoms with E-state index in [9.17, 15) is 4.79 Å². The Kier molecular flexibility index (Phi) is 4.16. The molecule has 14 heavy (non-hydrogen) atoms. The van der Waals surface area contributed by atoms with Gasteiger partial charge in [0.25, 0.3) is 0 Å². The van der Waals surface area contributed by atoms with Crippen LogP contribution in [0.4, 0.5) is 4.79 Å². The van der Waals surface area contributed by atoms with Gasteiger partial charge < -0.3 is 10.2 Å². The molecule has 5 nitrogen and oxygen atoms in total. The molecular formula is C9H19N3O2. The van der Waals surface area contributed by atoms with Crippen molar-refractivity contribution in [1.82, 2.24) is 10.2 Å². The van der Waals surface area contributed by atoms with Gasteiger partial charge in [0, 0.05) is 12.6 Å². The number of likely N-dealkylation sites (tertiary alicyclic amines) is 1. The van der Waals surface area contributed by atoms with Gasteiger partial charge in [-0.05, 0) is 26.7 Å². The van der Waals surface area contributed by atoms with Crippen molar-refractivity contribution in [2.24, 2.45) is 5.90 Å². The third kappa shape index (κ3) is 3.16. The molecule has 1 saturated heterocycles. The molecule has 5 heteroatoms. The number of carbonyl (C=O) groups excluding carboxylic acids is 1. The maximum atomic E-state index is 11.6. The Bertz CT molecular complexity index is 196. The fourth-order valence-corrected chi connectivity index (χ4v) is 1.57. The Morgan fingerprint density at radius 1 is 1.64 bits per heavy atom. The number of hydrogen-bond donors (Lipinski definition) is 2. The van der Waals surface area contributed by atoms with Crippen LogP contribution in [-0.4, -0.2) is 36.2 Å². The van der Waals surface area contributed by atoms with Crippen LogP contribution in [0.5, 0.6) is 0 Å². The number of nitrogens with two attached hydrogens (primary N) is 1. The Morgan fingerprint density at radius 3 is 2.93 bits per heavy atom. The number of rotatable bonds is 2. The van der Waals surface area contributed by atoms with Crippen LogP contribution < -0.4 is 11.2 Å². The van der Waals surface area contributed by atoms with Gasteiger partial charge in [-0.25, -0.2) is 10.7 Å². The first kappa shape index (κ1) is 11.3. The molecule has 0 aliphatic carbocycles. The van der Waals surface area contributed by atoms with Crippen molar-refractivity contribution in [2.45, 2.75) is 38.8 Å². The Morgan fingerprint density at radius 2 is 2.36 bits per heavy atom. The molecule has 0 saturated carbocycles. The number of carbonyl (C=O) groups is 1. The molecule has 1 atom stereocenters. The van der Waals surface area contributed by atoms with E-state index in [4.69, 9.17) is 10.7 Å². The van der Waals surface area contributed by atoms with Gasteiger partial charge in [-0.3, -0.25) is 4.84 Å². The first-order valence-corrected chi connectivity index (χ1v) is 5.04. The third-order valence-electron chi connectivity index (χ3n) is 2.27. The Hall–Kier alpha value is -0.810. The minimum atomic E-state index is -0.0262. The number of urea groups is 1. The van der Waals surface area contributed by atoms with E-state index in [2.05, 4.69) is 5.32 Å². The normalized spacial score (nSPS) is 22.6. The minimum absolute atomic E-state index is 0.0123. The van der Waals surface area contributed by atoms with Crippen molar-refractivity contribution in [2.75, 3.05) is 13.1 Å². The van der Waals surface area contributed by atoms with Gasteiger partial charge in [-0.2, -0.15) is 0 Å². The minimum Gasteiger partial charge on any atom is -0.336 e.